The average molecular weight is 274 g/mol. The van der Waals surface area contributed by atoms with Gasteiger partial charge in [0.1, 0.15) is 11.6 Å². The molecule has 0 unspecified atom stereocenters. The van der Waals surface area contributed by atoms with E-state index >= 15 is 0 Å². The molecule has 0 saturated heterocycles. The lowest BCUT2D eigenvalue weighted by atomic mass is 10.2. The molecular formula is C14H15FN4O. The van der Waals surface area contributed by atoms with Crippen LogP contribution in [0.2, 0.25) is 0 Å². The minimum absolute atomic E-state index is 0.200. The zero-order valence-corrected chi connectivity index (χ0v) is 11.3. The van der Waals surface area contributed by atoms with E-state index < -0.39 is 5.82 Å². The smallest absolute Gasteiger partial charge is 0.261 e. The Kier molecular flexibility index (Phi) is 4.24. The van der Waals surface area contributed by atoms with Crippen LogP contribution >= 0.6 is 0 Å². The standard InChI is InChI=1S/C14H15FN4O/c1-3-17-13-12(8-10(15)9-18-13)14(20)19(2)11-4-6-16-7-5-11/h4-9H,3H2,1-2H3,(H,17,18). The van der Waals surface area contributed by atoms with E-state index in [2.05, 4.69) is 15.3 Å². The molecule has 0 aliphatic heterocycles. The molecule has 1 amide bonds. The summed E-state index contributed by atoms with van der Waals surface area (Å²) in [6.07, 6.45) is 4.27. The van der Waals surface area contributed by atoms with E-state index in [1.165, 1.54) is 11.0 Å². The maximum absolute atomic E-state index is 13.3. The van der Waals surface area contributed by atoms with Gasteiger partial charge >= 0.3 is 0 Å². The van der Waals surface area contributed by atoms with Crippen molar-refractivity contribution in [3.05, 3.63) is 48.2 Å². The molecule has 2 aromatic heterocycles. The van der Waals surface area contributed by atoms with Gasteiger partial charge in [0.2, 0.25) is 0 Å². The third-order valence-electron chi connectivity index (χ3n) is 2.78. The second-order valence-electron chi connectivity index (χ2n) is 4.15. The predicted octanol–water partition coefficient (Wildman–Crippen LogP) is 2.32. The summed E-state index contributed by atoms with van der Waals surface area (Å²) in [5.41, 5.74) is 0.878. The molecular weight excluding hydrogens is 259 g/mol. The van der Waals surface area contributed by atoms with Crippen LogP contribution in [0.15, 0.2) is 36.8 Å². The van der Waals surface area contributed by atoms with Crippen molar-refractivity contribution in [3.63, 3.8) is 0 Å². The summed E-state index contributed by atoms with van der Waals surface area (Å²) in [6.45, 7) is 2.48. The number of rotatable bonds is 4. The molecule has 0 fully saturated rings. The highest BCUT2D eigenvalue weighted by atomic mass is 19.1. The first-order valence-electron chi connectivity index (χ1n) is 6.21. The quantitative estimate of drug-likeness (QED) is 0.929. The number of halogens is 1. The van der Waals surface area contributed by atoms with Crippen LogP contribution < -0.4 is 10.2 Å². The lowest BCUT2D eigenvalue weighted by molar-refractivity contribution is 0.0993. The maximum Gasteiger partial charge on any atom is 0.261 e. The summed E-state index contributed by atoms with van der Waals surface area (Å²) in [4.78, 5) is 21.7. The van der Waals surface area contributed by atoms with Crippen LogP contribution in [0.5, 0.6) is 0 Å². The molecule has 2 aromatic rings. The molecule has 0 aliphatic carbocycles. The molecule has 0 atom stereocenters. The zero-order chi connectivity index (χ0) is 14.5. The first-order valence-corrected chi connectivity index (χ1v) is 6.21. The highest BCUT2D eigenvalue weighted by molar-refractivity contribution is 6.08. The van der Waals surface area contributed by atoms with Crippen LogP contribution in [-0.4, -0.2) is 29.5 Å². The number of hydrogen-bond acceptors (Lipinski definition) is 4. The number of hydrogen-bond donors (Lipinski definition) is 1. The van der Waals surface area contributed by atoms with E-state index in [9.17, 15) is 9.18 Å². The molecule has 1 N–H and O–H groups in total. The predicted molar refractivity (Wildman–Crippen MR) is 75.3 cm³/mol. The summed E-state index contributed by atoms with van der Waals surface area (Å²) < 4.78 is 13.3. The monoisotopic (exact) mass is 274 g/mol. The molecule has 0 aromatic carbocycles. The van der Waals surface area contributed by atoms with Crippen LogP contribution in [-0.2, 0) is 0 Å². The first kappa shape index (κ1) is 13.9. The fourth-order valence-electron chi connectivity index (χ4n) is 1.78. The molecule has 0 bridgehead atoms. The lowest BCUT2D eigenvalue weighted by Crippen LogP contribution is -2.27. The number of nitrogens with zero attached hydrogens (tertiary/aromatic N) is 3. The molecule has 20 heavy (non-hydrogen) atoms. The Balaban J connectivity index is 2.35. The zero-order valence-electron chi connectivity index (χ0n) is 11.3. The second-order valence-corrected chi connectivity index (χ2v) is 4.15. The van der Waals surface area contributed by atoms with Crippen molar-refractivity contribution in [3.8, 4) is 0 Å². The molecule has 0 radical (unpaired) electrons. The summed E-state index contributed by atoms with van der Waals surface area (Å²) in [5, 5.41) is 2.95. The molecule has 0 aliphatic rings. The molecule has 0 spiro atoms. The van der Waals surface area contributed by atoms with Crippen molar-refractivity contribution in [2.75, 3.05) is 23.8 Å². The number of aromatic nitrogens is 2. The van der Waals surface area contributed by atoms with Crippen molar-refractivity contribution >= 4 is 17.4 Å². The van der Waals surface area contributed by atoms with Gasteiger partial charge in [0.15, 0.2) is 0 Å². The first-order chi connectivity index (χ1) is 9.63. The van der Waals surface area contributed by atoms with Gasteiger partial charge in [-0.25, -0.2) is 9.37 Å². The maximum atomic E-state index is 13.3. The fraction of sp³-hybridized carbons (Fsp3) is 0.214. The minimum Gasteiger partial charge on any atom is -0.370 e. The second kappa shape index (κ2) is 6.10. The van der Waals surface area contributed by atoms with Gasteiger partial charge in [0.25, 0.3) is 5.91 Å². The van der Waals surface area contributed by atoms with Crippen LogP contribution in [0.25, 0.3) is 0 Å². The molecule has 0 saturated carbocycles. The van der Waals surface area contributed by atoms with E-state index in [1.807, 2.05) is 6.92 Å². The number of pyridine rings is 2. The van der Waals surface area contributed by atoms with Crippen LogP contribution in [0.4, 0.5) is 15.9 Å². The van der Waals surface area contributed by atoms with E-state index in [-0.39, 0.29) is 11.5 Å². The Morgan fingerprint density at radius 1 is 1.40 bits per heavy atom. The van der Waals surface area contributed by atoms with Crippen molar-refractivity contribution in [2.45, 2.75) is 6.92 Å². The number of nitrogens with one attached hydrogen (secondary N) is 1. The molecule has 104 valence electrons. The summed E-state index contributed by atoms with van der Waals surface area (Å²) >= 11 is 0. The number of carbonyl (C=O) groups is 1. The summed E-state index contributed by atoms with van der Waals surface area (Å²) in [6, 6.07) is 4.60. The molecule has 2 heterocycles. The highest BCUT2D eigenvalue weighted by Crippen LogP contribution is 2.19. The van der Waals surface area contributed by atoms with Gasteiger partial charge in [0, 0.05) is 31.7 Å². The highest BCUT2D eigenvalue weighted by Gasteiger charge is 2.18. The molecule has 6 heteroatoms. The third-order valence-corrected chi connectivity index (χ3v) is 2.78. The Labute approximate surface area is 116 Å². The van der Waals surface area contributed by atoms with E-state index in [0.717, 1.165) is 6.20 Å². The average Bonchev–Trinajstić information content (AvgIpc) is 2.48. The topological polar surface area (TPSA) is 58.1 Å². The van der Waals surface area contributed by atoms with Crippen LogP contribution in [0.1, 0.15) is 17.3 Å². The summed E-state index contributed by atoms with van der Waals surface area (Å²) in [7, 11) is 1.62. The number of amides is 1. The lowest BCUT2D eigenvalue weighted by Gasteiger charge is -2.18. The van der Waals surface area contributed by atoms with Gasteiger partial charge in [-0.05, 0) is 25.1 Å². The Bertz CT molecular complexity index is 603. The normalized spacial score (nSPS) is 10.2. The van der Waals surface area contributed by atoms with Crippen molar-refractivity contribution in [2.24, 2.45) is 0 Å². The van der Waals surface area contributed by atoms with E-state index in [1.54, 1.807) is 31.6 Å². The Morgan fingerprint density at radius 2 is 2.10 bits per heavy atom. The van der Waals surface area contributed by atoms with Crippen LogP contribution in [0, 0.1) is 5.82 Å². The largest absolute Gasteiger partial charge is 0.370 e. The molecule has 5 nitrogen and oxygen atoms in total. The van der Waals surface area contributed by atoms with Crippen molar-refractivity contribution in [1.82, 2.24) is 9.97 Å². The fourth-order valence-corrected chi connectivity index (χ4v) is 1.78. The SMILES string of the molecule is CCNc1ncc(F)cc1C(=O)N(C)c1ccncc1. The Hall–Kier alpha value is -2.50. The summed E-state index contributed by atoms with van der Waals surface area (Å²) in [5.74, 6) is -0.503. The number of carbonyl (C=O) groups excluding carboxylic acids is 1. The van der Waals surface area contributed by atoms with Crippen LogP contribution in [0.3, 0.4) is 0 Å². The van der Waals surface area contributed by atoms with Gasteiger partial charge in [0.05, 0.1) is 11.8 Å². The number of anilines is 2. The van der Waals surface area contributed by atoms with Gasteiger partial charge in [-0.15, -0.1) is 0 Å². The minimum atomic E-state index is -0.543. The molecule has 2 rings (SSSR count). The Morgan fingerprint density at radius 3 is 2.75 bits per heavy atom. The van der Waals surface area contributed by atoms with Crippen molar-refractivity contribution < 1.29 is 9.18 Å². The van der Waals surface area contributed by atoms with Gasteiger partial charge in [-0.3, -0.25) is 9.78 Å². The van der Waals surface area contributed by atoms with E-state index in [4.69, 9.17) is 0 Å². The van der Waals surface area contributed by atoms with Gasteiger partial charge < -0.3 is 10.2 Å². The van der Waals surface area contributed by atoms with Crippen molar-refractivity contribution in [1.29, 1.82) is 0 Å². The van der Waals surface area contributed by atoms with Gasteiger partial charge in [-0.1, -0.05) is 0 Å². The van der Waals surface area contributed by atoms with E-state index in [0.29, 0.717) is 18.1 Å². The van der Waals surface area contributed by atoms with Gasteiger partial charge in [-0.2, -0.15) is 0 Å². The third kappa shape index (κ3) is 2.90.